The normalized spacial score (nSPS) is 10.1. The van der Waals surface area contributed by atoms with E-state index in [1.165, 1.54) is 0 Å². The molecular weight excluding hydrogens is 336 g/mol. The van der Waals surface area contributed by atoms with Crippen LogP contribution in [0.15, 0.2) is 60.8 Å². The van der Waals surface area contributed by atoms with Crippen LogP contribution in [-0.4, -0.2) is 10.9 Å². The summed E-state index contributed by atoms with van der Waals surface area (Å²) in [4.78, 5) is 17.0. The number of rotatable bonds is 5. The lowest BCUT2D eigenvalue weighted by atomic mass is 10.1. The number of pyridine rings is 1. The summed E-state index contributed by atoms with van der Waals surface area (Å²) < 4.78 is 0. The van der Waals surface area contributed by atoms with Crippen LogP contribution in [0.5, 0.6) is 0 Å². The van der Waals surface area contributed by atoms with Gasteiger partial charge in [0, 0.05) is 17.4 Å². The van der Waals surface area contributed by atoms with E-state index in [9.17, 15) is 10.1 Å². The van der Waals surface area contributed by atoms with Crippen molar-refractivity contribution < 1.29 is 4.79 Å². The molecule has 0 aliphatic rings. The highest BCUT2D eigenvalue weighted by Gasteiger charge is 2.12. The highest BCUT2D eigenvalue weighted by molar-refractivity contribution is 6.05. The SMILES string of the molecule is CCc1cccc(C)c1NC(=O)c1ccnc(Nc2ccccc2C#N)c1. The van der Waals surface area contributed by atoms with Gasteiger partial charge < -0.3 is 10.6 Å². The molecule has 3 aromatic rings. The molecule has 3 rings (SSSR count). The maximum absolute atomic E-state index is 12.7. The predicted octanol–water partition coefficient (Wildman–Crippen LogP) is 4.82. The Labute approximate surface area is 158 Å². The molecule has 1 aromatic heterocycles. The summed E-state index contributed by atoms with van der Waals surface area (Å²) in [5.41, 5.74) is 4.63. The van der Waals surface area contributed by atoms with E-state index in [0.717, 1.165) is 23.2 Å². The third kappa shape index (κ3) is 4.13. The van der Waals surface area contributed by atoms with E-state index < -0.39 is 0 Å². The number of nitrogens with zero attached hydrogens (tertiary/aromatic N) is 2. The quantitative estimate of drug-likeness (QED) is 0.687. The lowest BCUT2D eigenvalue weighted by Crippen LogP contribution is -2.14. The lowest BCUT2D eigenvalue weighted by molar-refractivity contribution is 0.102. The van der Waals surface area contributed by atoms with Crippen LogP contribution in [0.2, 0.25) is 0 Å². The second-order valence-corrected chi connectivity index (χ2v) is 6.13. The maximum atomic E-state index is 12.7. The number of benzene rings is 2. The van der Waals surface area contributed by atoms with E-state index in [2.05, 4.69) is 28.6 Å². The van der Waals surface area contributed by atoms with Crippen molar-refractivity contribution in [2.45, 2.75) is 20.3 Å². The van der Waals surface area contributed by atoms with Crippen LogP contribution in [0.25, 0.3) is 0 Å². The molecule has 134 valence electrons. The topological polar surface area (TPSA) is 77.8 Å². The molecule has 0 spiro atoms. The summed E-state index contributed by atoms with van der Waals surface area (Å²) >= 11 is 0. The first kappa shape index (κ1) is 18.2. The summed E-state index contributed by atoms with van der Waals surface area (Å²) in [6, 6.07) is 18.6. The zero-order chi connectivity index (χ0) is 19.2. The average Bonchev–Trinajstić information content (AvgIpc) is 2.70. The Hall–Kier alpha value is -3.65. The second kappa shape index (κ2) is 8.15. The van der Waals surface area contributed by atoms with Crippen molar-refractivity contribution in [3.05, 3.63) is 83.0 Å². The van der Waals surface area contributed by atoms with Crippen molar-refractivity contribution in [1.29, 1.82) is 5.26 Å². The molecule has 0 unspecified atom stereocenters. The number of nitriles is 1. The number of nitrogens with one attached hydrogen (secondary N) is 2. The molecule has 0 aliphatic carbocycles. The van der Waals surface area contributed by atoms with Crippen molar-refractivity contribution in [2.75, 3.05) is 10.6 Å². The zero-order valence-corrected chi connectivity index (χ0v) is 15.3. The Morgan fingerprint density at radius 1 is 1.15 bits per heavy atom. The fraction of sp³-hybridized carbons (Fsp3) is 0.136. The molecule has 0 radical (unpaired) electrons. The highest BCUT2D eigenvalue weighted by atomic mass is 16.1. The highest BCUT2D eigenvalue weighted by Crippen LogP contribution is 2.23. The first-order chi connectivity index (χ1) is 13.1. The minimum atomic E-state index is -0.196. The third-order valence-electron chi connectivity index (χ3n) is 4.31. The number of carbonyl (C=O) groups is 1. The van der Waals surface area contributed by atoms with Crippen LogP contribution in [0.1, 0.15) is 34.0 Å². The van der Waals surface area contributed by atoms with Crippen molar-refractivity contribution in [3.8, 4) is 6.07 Å². The Morgan fingerprint density at radius 2 is 1.96 bits per heavy atom. The third-order valence-corrected chi connectivity index (χ3v) is 4.31. The number of hydrogen-bond donors (Lipinski definition) is 2. The summed E-state index contributed by atoms with van der Waals surface area (Å²) in [6.45, 7) is 4.04. The average molecular weight is 356 g/mol. The van der Waals surface area contributed by atoms with Gasteiger partial charge in [0.1, 0.15) is 11.9 Å². The van der Waals surface area contributed by atoms with Crippen LogP contribution >= 0.6 is 0 Å². The van der Waals surface area contributed by atoms with E-state index >= 15 is 0 Å². The van der Waals surface area contributed by atoms with Gasteiger partial charge in [-0.15, -0.1) is 0 Å². The van der Waals surface area contributed by atoms with Gasteiger partial charge in [-0.3, -0.25) is 4.79 Å². The van der Waals surface area contributed by atoms with Crippen molar-refractivity contribution in [3.63, 3.8) is 0 Å². The molecule has 0 saturated heterocycles. The number of anilines is 3. The molecule has 2 N–H and O–H groups in total. The number of aromatic nitrogens is 1. The summed E-state index contributed by atoms with van der Waals surface area (Å²) in [5.74, 6) is 0.309. The molecule has 1 amide bonds. The van der Waals surface area contributed by atoms with Crippen LogP contribution in [0, 0.1) is 18.3 Å². The zero-order valence-electron chi connectivity index (χ0n) is 15.3. The Balaban J connectivity index is 1.84. The number of hydrogen-bond acceptors (Lipinski definition) is 4. The largest absolute Gasteiger partial charge is 0.339 e. The smallest absolute Gasteiger partial charge is 0.255 e. The van der Waals surface area contributed by atoms with Gasteiger partial charge in [-0.1, -0.05) is 37.3 Å². The van der Waals surface area contributed by atoms with Crippen molar-refractivity contribution in [1.82, 2.24) is 4.98 Å². The van der Waals surface area contributed by atoms with Gasteiger partial charge in [0.15, 0.2) is 0 Å². The minimum absolute atomic E-state index is 0.196. The fourth-order valence-corrected chi connectivity index (χ4v) is 2.86. The molecule has 0 fully saturated rings. The standard InChI is InChI=1S/C22H20N4O/c1-3-16-9-6-7-15(2)21(16)26-22(27)17-11-12-24-20(13-17)25-19-10-5-4-8-18(19)14-23/h4-13H,3H2,1-2H3,(H,24,25)(H,26,27). The van der Waals surface area contributed by atoms with E-state index in [4.69, 9.17) is 0 Å². The van der Waals surface area contributed by atoms with Crippen LogP contribution in [0.3, 0.4) is 0 Å². The Kier molecular flexibility index (Phi) is 5.48. The molecule has 5 nitrogen and oxygen atoms in total. The maximum Gasteiger partial charge on any atom is 0.255 e. The molecule has 1 heterocycles. The number of aryl methyl sites for hydroxylation is 2. The summed E-state index contributed by atoms with van der Waals surface area (Å²) in [5, 5.41) is 15.3. The first-order valence-corrected chi connectivity index (χ1v) is 8.74. The number of amides is 1. The minimum Gasteiger partial charge on any atom is -0.339 e. The van der Waals surface area contributed by atoms with E-state index in [-0.39, 0.29) is 5.91 Å². The van der Waals surface area contributed by atoms with Crippen LogP contribution < -0.4 is 10.6 Å². The van der Waals surface area contributed by atoms with Gasteiger partial charge in [-0.2, -0.15) is 5.26 Å². The van der Waals surface area contributed by atoms with Crippen molar-refractivity contribution in [2.24, 2.45) is 0 Å². The second-order valence-electron chi connectivity index (χ2n) is 6.13. The van der Waals surface area contributed by atoms with Crippen molar-refractivity contribution >= 4 is 23.1 Å². The molecule has 0 aliphatic heterocycles. The van der Waals surface area contributed by atoms with Crippen LogP contribution in [0.4, 0.5) is 17.2 Å². The van der Waals surface area contributed by atoms with Gasteiger partial charge in [-0.25, -0.2) is 4.98 Å². The fourth-order valence-electron chi connectivity index (χ4n) is 2.86. The predicted molar refractivity (Wildman–Crippen MR) is 107 cm³/mol. The Morgan fingerprint density at radius 3 is 2.74 bits per heavy atom. The molecule has 0 bridgehead atoms. The van der Waals surface area contributed by atoms with E-state index in [1.807, 2.05) is 31.2 Å². The van der Waals surface area contributed by atoms with Gasteiger partial charge in [0.05, 0.1) is 11.3 Å². The number of para-hydroxylation sites is 2. The van der Waals surface area contributed by atoms with Gasteiger partial charge >= 0.3 is 0 Å². The van der Waals surface area contributed by atoms with E-state index in [1.54, 1.807) is 36.5 Å². The lowest BCUT2D eigenvalue weighted by Gasteiger charge is -2.13. The van der Waals surface area contributed by atoms with Gasteiger partial charge in [0.2, 0.25) is 0 Å². The monoisotopic (exact) mass is 356 g/mol. The van der Waals surface area contributed by atoms with Crippen LogP contribution in [-0.2, 0) is 6.42 Å². The first-order valence-electron chi connectivity index (χ1n) is 8.74. The van der Waals surface area contributed by atoms with Gasteiger partial charge in [-0.05, 0) is 48.7 Å². The van der Waals surface area contributed by atoms with E-state index in [0.29, 0.717) is 22.6 Å². The molecule has 27 heavy (non-hydrogen) atoms. The molecule has 0 saturated carbocycles. The number of carbonyl (C=O) groups excluding carboxylic acids is 1. The Bertz CT molecular complexity index is 1020. The molecule has 5 heteroatoms. The summed E-state index contributed by atoms with van der Waals surface area (Å²) in [6.07, 6.45) is 2.41. The molecule has 0 atom stereocenters. The molecular formula is C22H20N4O. The van der Waals surface area contributed by atoms with Gasteiger partial charge in [0.25, 0.3) is 5.91 Å². The summed E-state index contributed by atoms with van der Waals surface area (Å²) in [7, 11) is 0. The molecule has 2 aromatic carbocycles.